The third-order valence-corrected chi connectivity index (χ3v) is 4.88. The monoisotopic (exact) mass is 307 g/mol. The number of amides is 1. The molecule has 0 N–H and O–H groups in total. The van der Waals surface area contributed by atoms with E-state index in [1.54, 1.807) is 6.20 Å². The summed E-state index contributed by atoms with van der Waals surface area (Å²) < 4.78 is 0. The Balaban J connectivity index is 1.58. The molecule has 1 aromatic carbocycles. The van der Waals surface area contributed by atoms with Crippen LogP contribution in [0.5, 0.6) is 0 Å². The van der Waals surface area contributed by atoms with E-state index in [9.17, 15) is 4.79 Å². The van der Waals surface area contributed by atoms with Crippen LogP contribution in [-0.2, 0) is 0 Å². The summed E-state index contributed by atoms with van der Waals surface area (Å²) >= 11 is 0. The van der Waals surface area contributed by atoms with Crippen LogP contribution in [0.25, 0.3) is 0 Å². The summed E-state index contributed by atoms with van der Waals surface area (Å²) in [6.07, 6.45) is 4.18. The van der Waals surface area contributed by atoms with Crippen molar-refractivity contribution < 1.29 is 4.79 Å². The summed E-state index contributed by atoms with van der Waals surface area (Å²) in [6.45, 7) is 5.04. The number of nitrogens with zero attached hydrogens (tertiary/aromatic N) is 3. The fourth-order valence-electron chi connectivity index (χ4n) is 3.61. The van der Waals surface area contributed by atoms with Gasteiger partial charge in [0, 0.05) is 37.4 Å². The predicted octanol–water partition coefficient (Wildman–Crippen LogP) is 3.45. The number of anilines is 2. The summed E-state index contributed by atoms with van der Waals surface area (Å²) in [5, 5.41) is 0. The van der Waals surface area contributed by atoms with Crippen molar-refractivity contribution in [3.05, 3.63) is 53.7 Å². The van der Waals surface area contributed by atoms with Crippen molar-refractivity contribution in [3.63, 3.8) is 0 Å². The second-order valence-corrected chi connectivity index (χ2v) is 6.47. The smallest absolute Gasteiger partial charge is 0.259 e. The summed E-state index contributed by atoms with van der Waals surface area (Å²) in [7, 11) is 0. The normalized spacial score (nSPS) is 20.0. The van der Waals surface area contributed by atoms with Crippen molar-refractivity contribution in [2.45, 2.75) is 25.7 Å². The quantitative estimate of drug-likeness (QED) is 0.852. The maximum absolute atomic E-state index is 12.9. The number of benzene rings is 1. The fraction of sp³-hybridized carbons (Fsp3) is 0.368. The van der Waals surface area contributed by atoms with Crippen LogP contribution in [0.2, 0.25) is 0 Å². The van der Waals surface area contributed by atoms with E-state index in [-0.39, 0.29) is 5.91 Å². The van der Waals surface area contributed by atoms with Gasteiger partial charge in [-0.15, -0.1) is 0 Å². The van der Waals surface area contributed by atoms with E-state index in [4.69, 9.17) is 0 Å². The zero-order valence-corrected chi connectivity index (χ0v) is 13.4. The number of aromatic nitrogens is 1. The van der Waals surface area contributed by atoms with Gasteiger partial charge >= 0.3 is 0 Å². The highest BCUT2D eigenvalue weighted by molar-refractivity contribution is 6.07. The molecule has 1 unspecified atom stereocenters. The number of hydrogen-bond acceptors (Lipinski definition) is 3. The molecule has 3 heterocycles. The molecule has 2 aliphatic rings. The van der Waals surface area contributed by atoms with Crippen LogP contribution >= 0.6 is 0 Å². The summed E-state index contributed by atoms with van der Waals surface area (Å²) in [6, 6.07) is 12.1. The Kier molecular flexibility index (Phi) is 3.52. The van der Waals surface area contributed by atoms with Crippen LogP contribution in [0.4, 0.5) is 11.5 Å². The van der Waals surface area contributed by atoms with Crippen molar-refractivity contribution >= 4 is 17.4 Å². The second-order valence-electron chi connectivity index (χ2n) is 6.47. The van der Waals surface area contributed by atoms with Crippen LogP contribution in [0, 0.1) is 0 Å². The van der Waals surface area contributed by atoms with Gasteiger partial charge < -0.3 is 9.80 Å². The summed E-state index contributed by atoms with van der Waals surface area (Å²) in [5.41, 5.74) is 2.95. The first-order chi connectivity index (χ1) is 11.2. The van der Waals surface area contributed by atoms with Crippen LogP contribution in [-0.4, -0.2) is 30.5 Å². The van der Waals surface area contributed by atoms with Crippen molar-refractivity contribution in [2.24, 2.45) is 0 Å². The zero-order chi connectivity index (χ0) is 15.8. The third-order valence-electron chi connectivity index (χ3n) is 4.88. The van der Waals surface area contributed by atoms with E-state index < -0.39 is 0 Å². The lowest BCUT2D eigenvalue weighted by Crippen LogP contribution is -2.29. The van der Waals surface area contributed by atoms with Gasteiger partial charge in [0.1, 0.15) is 5.82 Å². The molecule has 0 bridgehead atoms. The van der Waals surface area contributed by atoms with Gasteiger partial charge in [-0.25, -0.2) is 4.98 Å². The lowest BCUT2D eigenvalue weighted by molar-refractivity contribution is 0.0988. The Labute approximate surface area is 136 Å². The molecule has 2 aliphatic heterocycles. The van der Waals surface area contributed by atoms with Crippen LogP contribution in [0.3, 0.4) is 0 Å². The van der Waals surface area contributed by atoms with Crippen LogP contribution in [0.1, 0.15) is 41.6 Å². The van der Waals surface area contributed by atoms with Gasteiger partial charge in [-0.05, 0) is 36.6 Å². The molecule has 1 saturated heterocycles. The number of fused-ring (bicyclic) bond motifs is 1. The summed E-state index contributed by atoms with van der Waals surface area (Å²) in [4.78, 5) is 21.5. The number of carbonyl (C=O) groups is 1. The molecule has 1 fully saturated rings. The Morgan fingerprint density at radius 3 is 2.65 bits per heavy atom. The van der Waals surface area contributed by atoms with Crippen molar-refractivity contribution in [1.29, 1.82) is 0 Å². The Bertz CT molecular complexity index is 720. The molecule has 0 spiro atoms. The molecular formula is C19H21N3O. The molecular weight excluding hydrogens is 286 g/mol. The topological polar surface area (TPSA) is 36.4 Å². The average molecular weight is 307 g/mol. The van der Waals surface area contributed by atoms with Crippen LogP contribution < -0.4 is 9.80 Å². The third kappa shape index (κ3) is 2.48. The predicted molar refractivity (Wildman–Crippen MR) is 92.2 cm³/mol. The van der Waals surface area contributed by atoms with E-state index >= 15 is 0 Å². The van der Waals surface area contributed by atoms with Gasteiger partial charge in [0.2, 0.25) is 0 Å². The Morgan fingerprint density at radius 1 is 1.13 bits per heavy atom. The lowest BCUT2D eigenvalue weighted by atomic mass is 10.0. The van der Waals surface area contributed by atoms with Crippen molar-refractivity contribution in [2.75, 3.05) is 29.4 Å². The van der Waals surface area contributed by atoms with E-state index in [2.05, 4.69) is 22.9 Å². The van der Waals surface area contributed by atoms with Gasteiger partial charge in [-0.3, -0.25) is 4.79 Å². The van der Waals surface area contributed by atoms with Gasteiger partial charge in [0.15, 0.2) is 0 Å². The molecule has 1 aromatic heterocycles. The maximum atomic E-state index is 12.9. The number of rotatable bonds is 2. The van der Waals surface area contributed by atoms with Gasteiger partial charge in [0.05, 0.1) is 5.56 Å². The minimum absolute atomic E-state index is 0.0438. The maximum Gasteiger partial charge on any atom is 0.259 e. The molecule has 23 heavy (non-hydrogen) atoms. The molecule has 1 atom stereocenters. The highest BCUT2D eigenvalue weighted by Gasteiger charge is 2.30. The number of carbonyl (C=O) groups excluding carboxylic acids is 1. The molecule has 0 aliphatic carbocycles. The van der Waals surface area contributed by atoms with E-state index in [0.29, 0.717) is 11.5 Å². The van der Waals surface area contributed by atoms with Crippen molar-refractivity contribution in [1.82, 2.24) is 4.98 Å². The van der Waals surface area contributed by atoms with E-state index in [1.165, 1.54) is 18.4 Å². The molecule has 118 valence electrons. The first-order valence-corrected chi connectivity index (χ1v) is 8.36. The van der Waals surface area contributed by atoms with Crippen molar-refractivity contribution in [3.8, 4) is 0 Å². The first kappa shape index (κ1) is 14.2. The minimum Gasteiger partial charge on any atom is -0.357 e. The highest BCUT2D eigenvalue weighted by atomic mass is 16.2. The SMILES string of the molecule is CC1CN(C(=O)c2ccc(N3CCCC3)nc2)c2ccccc21. The minimum atomic E-state index is 0.0438. The average Bonchev–Trinajstić information content (AvgIpc) is 3.23. The number of para-hydroxylation sites is 1. The second kappa shape index (κ2) is 5.69. The molecule has 0 radical (unpaired) electrons. The van der Waals surface area contributed by atoms with Gasteiger partial charge in [0.25, 0.3) is 5.91 Å². The largest absolute Gasteiger partial charge is 0.357 e. The molecule has 4 nitrogen and oxygen atoms in total. The van der Waals surface area contributed by atoms with Gasteiger partial charge in [-0.1, -0.05) is 25.1 Å². The molecule has 4 heteroatoms. The first-order valence-electron chi connectivity index (χ1n) is 8.36. The Morgan fingerprint density at radius 2 is 1.91 bits per heavy atom. The van der Waals surface area contributed by atoms with E-state index in [1.807, 2.05) is 35.2 Å². The summed E-state index contributed by atoms with van der Waals surface area (Å²) in [5.74, 6) is 1.41. The number of hydrogen-bond donors (Lipinski definition) is 0. The number of pyridine rings is 1. The molecule has 0 saturated carbocycles. The fourth-order valence-corrected chi connectivity index (χ4v) is 3.61. The standard InChI is InChI=1S/C19H21N3O/c1-14-13-22(17-7-3-2-6-16(14)17)19(23)15-8-9-18(20-12-15)21-10-4-5-11-21/h2-3,6-9,12,14H,4-5,10-11,13H2,1H3. The highest BCUT2D eigenvalue weighted by Crippen LogP contribution is 2.36. The molecule has 1 amide bonds. The van der Waals surface area contributed by atoms with E-state index in [0.717, 1.165) is 31.1 Å². The molecule has 4 rings (SSSR count). The van der Waals surface area contributed by atoms with Gasteiger partial charge in [-0.2, -0.15) is 0 Å². The zero-order valence-electron chi connectivity index (χ0n) is 13.4. The lowest BCUT2D eigenvalue weighted by Gasteiger charge is -2.19. The molecule has 2 aromatic rings. The van der Waals surface area contributed by atoms with Crippen LogP contribution in [0.15, 0.2) is 42.6 Å². The Hall–Kier alpha value is -2.36.